The second-order valence-electron chi connectivity index (χ2n) is 7.09. The molecule has 9 nitrogen and oxygen atoms in total. The van der Waals surface area contributed by atoms with Gasteiger partial charge in [0.2, 0.25) is 0 Å². The van der Waals surface area contributed by atoms with Crippen LogP contribution in [0.1, 0.15) is 17.3 Å². The van der Waals surface area contributed by atoms with Crippen LogP contribution in [0.4, 0.5) is 10.5 Å². The van der Waals surface area contributed by atoms with Gasteiger partial charge in [0.05, 0.1) is 6.61 Å². The third-order valence-corrected chi connectivity index (χ3v) is 5.04. The van der Waals surface area contributed by atoms with Gasteiger partial charge in [-0.15, -0.1) is 0 Å². The van der Waals surface area contributed by atoms with Crippen molar-refractivity contribution in [3.05, 3.63) is 41.1 Å². The topological polar surface area (TPSA) is 133 Å². The van der Waals surface area contributed by atoms with Gasteiger partial charge in [0.25, 0.3) is 6.71 Å². The normalized spacial score (nSPS) is 16.2. The standard InChI is InChI=1S/C11H14N2O.C10H15BN4O2/c14-9-10-1-3-11(4-2-10)13-7-5-12-6-8-13;1-3-17-10(16)15-8-5-11(6-12)4-7(8)9(13)14-2/h1-4,9,12H,5-8H2;3-5H2,1-2H3,(H2,13,14)(H,15,16). The number of anilines is 1. The van der Waals surface area contributed by atoms with E-state index in [-0.39, 0.29) is 6.71 Å². The molecule has 4 N–H and O–H groups in total. The number of carbonyl (C=O) groups excluding carboxylic acids is 2. The lowest BCUT2D eigenvalue weighted by atomic mass is 9.49. The van der Waals surface area contributed by atoms with Crippen LogP contribution in [-0.4, -0.2) is 64.8 Å². The number of rotatable bonds is 5. The number of aldehydes is 1. The summed E-state index contributed by atoms with van der Waals surface area (Å²) in [5, 5.41) is 14.8. The van der Waals surface area contributed by atoms with Crippen LogP contribution in [0.25, 0.3) is 0 Å². The van der Waals surface area contributed by atoms with Crippen molar-refractivity contribution in [1.29, 1.82) is 5.26 Å². The molecule has 0 saturated carbocycles. The number of alkyl carbamates (subject to hydrolysis) is 1. The van der Waals surface area contributed by atoms with Gasteiger partial charge in [-0.05, 0) is 43.8 Å². The van der Waals surface area contributed by atoms with Gasteiger partial charge in [-0.3, -0.25) is 15.1 Å². The molecule has 0 atom stereocenters. The van der Waals surface area contributed by atoms with Crippen LogP contribution in [0.15, 0.2) is 40.5 Å². The summed E-state index contributed by atoms with van der Waals surface area (Å²) in [5.41, 5.74) is 9.04. The molecule has 0 radical (unpaired) electrons. The molecular formula is C21H29BN6O3. The Morgan fingerprint density at radius 3 is 2.58 bits per heavy atom. The van der Waals surface area contributed by atoms with E-state index >= 15 is 0 Å². The second-order valence-corrected chi connectivity index (χ2v) is 7.09. The molecule has 0 aliphatic carbocycles. The van der Waals surface area contributed by atoms with Crippen molar-refractivity contribution in [2.45, 2.75) is 19.6 Å². The summed E-state index contributed by atoms with van der Waals surface area (Å²) in [7, 11) is 1.57. The quantitative estimate of drug-likeness (QED) is 0.282. The van der Waals surface area contributed by atoms with Gasteiger partial charge in [0, 0.05) is 61.7 Å². The maximum absolute atomic E-state index is 11.3. The Kier molecular flexibility index (Phi) is 9.58. The number of carbonyl (C=O) groups is 2. The first-order valence-electron chi connectivity index (χ1n) is 10.3. The van der Waals surface area contributed by atoms with Crippen LogP contribution in [0, 0.1) is 11.2 Å². The van der Waals surface area contributed by atoms with Crippen LogP contribution < -0.4 is 21.3 Å². The summed E-state index contributed by atoms with van der Waals surface area (Å²) >= 11 is 0. The Hall–Kier alpha value is -3.32. The predicted octanol–water partition coefficient (Wildman–Crippen LogP) is 1.45. The molecule has 10 heteroatoms. The minimum atomic E-state index is -0.525. The monoisotopic (exact) mass is 424 g/mol. The fourth-order valence-corrected chi connectivity index (χ4v) is 3.40. The predicted molar refractivity (Wildman–Crippen MR) is 123 cm³/mol. The van der Waals surface area contributed by atoms with Crippen molar-refractivity contribution in [3.8, 4) is 5.97 Å². The molecule has 31 heavy (non-hydrogen) atoms. The number of hydrogen-bond donors (Lipinski definition) is 3. The van der Waals surface area contributed by atoms with E-state index in [0.29, 0.717) is 30.8 Å². The zero-order valence-electron chi connectivity index (χ0n) is 18.1. The Labute approximate surface area is 183 Å². The summed E-state index contributed by atoms with van der Waals surface area (Å²) in [5.74, 6) is 2.52. The molecular weight excluding hydrogens is 395 g/mol. The fraction of sp³-hybridized carbons (Fsp3) is 0.429. The lowest BCUT2D eigenvalue weighted by molar-refractivity contribution is 0.112. The number of aliphatic imine (C=N–C) groups is 1. The fourth-order valence-electron chi connectivity index (χ4n) is 3.40. The van der Waals surface area contributed by atoms with Crippen molar-refractivity contribution < 1.29 is 14.3 Å². The molecule has 1 fully saturated rings. The third-order valence-electron chi connectivity index (χ3n) is 5.04. The van der Waals surface area contributed by atoms with E-state index in [1.54, 1.807) is 14.0 Å². The lowest BCUT2D eigenvalue weighted by Gasteiger charge is -2.29. The van der Waals surface area contributed by atoms with Crippen molar-refractivity contribution in [2.24, 2.45) is 10.7 Å². The van der Waals surface area contributed by atoms with E-state index < -0.39 is 6.09 Å². The maximum atomic E-state index is 11.3. The van der Waals surface area contributed by atoms with Gasteiger partial charge in [0.1, 0.15) is 12.1 Å². The minimum Gasteiger partial charge on any atom is -0.450 e. The average Bonchev–Trinajstić information content (AvgIpc) is 3.22. The van der Waals surface area contributed by atoms with Gasteiger partial charge in [0.15, 0.2) is 0 Å². The van der Waals surface area contributed by atoms with Crippen LogP contribution in [0.5, 0.6) is 0 Å². The highest BCUT2D eigenvalue weighted by Gasteiger charge is 2.30. The van der Waals surface area contributed by atoms with Crippen molar-refractivity contribution in [2.75, 3.05) is 44.7 Å². The van der Waals surface area contributed by atoms with E-state index in [4.69, 9.17) is 15.7 Å². The number of hydrogen-bond acceptors (Lipinski definition) is 7. The number of nitrogens with one attached hydrogen (secondary N) is 2. The molecule has 3 rings (SSSR count). The SMILES string of the molecule is CCOC(=O)NC1=C(C(N)=NC)CB(C#N)C1.O=Cc1ccc(N2CCNCC2)cc1. The second kappa shape index (κ2) is 12.4. The van der Waals surface area contributed by atoms with Crippen LogP contribution >= 0.6 is 0 Å². The van der Waals surface area contributed by atoms with Crippen LogP contribution in [0.3, 0.4) is 0 Å². The van der Waals surface area contributed by atoms with Crippen molar-refractivity contribution in [1.82, 2.24) is 10.6 Å². The van der Waals surface area contributed by atoms with Gasteiger partial charge < -0.3 is 20.7 Å². The summed E-state index contributed by atoms with van der Waals surface area (Å²) in [6.07, 6.45) is 1.34. The number of amidine groups is 1. The lowest BCUT2D eigenvalue weighted by Crippen LogP contribution is -2.43. The van der Waals surface area contributed by atoms with Crippen molar-refractivity contribution >= 4 is 30.6 Å². The number of nitriles is 1. The molecule has 2 aliphatic heterocycles. The van der Waals surface area contributed by atoms with Gasteiger partial charge in [-0.1, -0.05) is 0 Å². The smallest absolute Gasteiger partial charge is 0.411 e. The first kappa shape index (κ1) is 24.0. The van der Waals surface area contributed by atoms with Gasteiger partial charge >= 0.3 is 6.09 Å². The first-order valence-corrected chi connectivity index (χ1v) is 10.3. The Balaban J connectivity index is 0.000000224. The molecule has 1 aromatic carbocycles. The highest BCUT2D eigenvalue weighted by atomic mass is 16.5. The summed E-state index contributed by atoms with van der Waals surface area (Å²) in [6, 6.07) is 7.75. The Morgan fingerprint density at radius 2 is 2.03 bits per heavy atom. The minimum absolute atomic E-state index is 0.165. The number of nitrogens with two attached hydrogens (primary N) is 1. The molecule has 1 saturated heterocycles. The van der Waals surface area contributed by atoms with E-state index in [1.807, 2.05) is 24.3 Å². The first-order chi connectivity index (χ1) is 15.0. The van der Waals surface area contributed by atoms with E-state index in [1.165, 1.54) is 5.69 Å². The highest BCUT2D eigenvalue weighted by Crippen LogP contribution is 2.25. The van der Waals surface area contributed by atoms with E-state index in [0.717, 1.165) is 43.6 Å². The summed E-state index contributed by atoms with van der Waals surface area (Å²) < 4.78 is 4.79. The molecule has 0 unspecified atom stereocenters. The van der Waals surface area contributed by atoms with Crippen LogP contribution in [0.2, 0.25) is 12.6 Å². The zero-order chi connectivity index (χ0) is 22.6. The number of piperazine rings is 1. The summed E-state index contributed by atoms with van der Waals surface area (Å²) in [4.78, 5) is 28.0. The Bertz CT molecular complexity index is 857. The number of ether oxygens (including phenoxy) is 1. The van der Waals surface area contributed by atoms with Crippen molar-refractivity contribution in [3.63, 3.8) is 0 Å². The number of benzene rings is 1. The van der Waals surface area contributed by atoms with E-state index in [9.17, 15) is 9.59 Å². The largest absolute Gasteiger partial charge is 0.450 e. The molecule has 164 valence electrons. The van der Waals surface area contributed by atoms with E-state index in [2.05, 4.69) is 26.5 Å². The Morgan fingerprint density at radius 1 is 1.35 bits per heavy atom. The van der Waals surface area contributed by atoms with Gasteiger partial charge in [-0.2, -0.15) is 0 Å². The molecule has 0 spiro atoms. The van der Waals surface area contributed by atoms with Gasteiger partial charge in [-0.25, -0.2) is 10.1 Å². The molecule has 2 aliphatic rings. The maximum Gasteiger partial charge on any atom is 0.411 e. The molecule has 1 aromatic rings. The number of allylic oxidation sites excluding steroid dienone is 1. The molecule has 0 aromatic heterocycles. The number of nitrogens with zero attached hydrogens (tertiary/aromatic N) is 3. The zero-order valence-corrected chi connectivity index (χ0v) is 18.1. The highest BCUT2D eigenvalue weighted by molar-refractivity contribution is 6.70. The molecule has 2 heterocycles. The average molecular weight is 424 g/mol. The third kappa shape index (κ3) is 7.15. The molecule has 1 amide bonds. The number of amides is 1. The van der Waals surface area contributed by atoms with Crippen LogP contribution in [-0.2, 0) is 4.74 Å². The molecule has 0 bridgehead atoms. The summed E-state index contributed by atoms with van der Waals surface area (Å²) in [6.45, 7) is 6.02.